The minimum atomic E-state index is -0.520. The van der Waals surface area contributed by atoms with E-state index in [-0.39, 0.29) is 11.5 Å². The molecule has 1 aromatic carbocycles. The summed E-state index contributed by atoms with van der Waals surface area (Å²) < 4.78 is 18.8. The first-order valence-electron chi connectivity index (χ1n) is 6.35. The van der Waals surface area contributed by atoms with Crippen molar-refractivity contribution >= 4 is 17.5 Å². The molecule has 1 heterocycles. The summed E-state index contributed by atoms with van der Waals surface area (Å²) in [7, 11) is 1.68. The van der Waals surface area contributed by atoms with Crippen molar-refractivity contribution in [1.29, 1.82) is 0 Å². The van der Waals surface area contributed by atoms with E-state index in [4.69, 9.17) is 16.3 Å². The molecule has 0 unspecified atom stereocenters. The molecular weight excluding hydrogens is 269 g/mol. The maximum atomic E-state index is 13.6. The first kappa shape index (κ1) is 14.3. The van der Waals surface area contributed by atoms with Crippen molar-refractivity contribution in [3.63, 3.8) is 0 Å². The van der Waals surface area contributed by atoms with Gasteiger partial charge in [-0.1, -0.05) is 11.6 Å². The summed E-state index contributed by atoms with van der Waals surface area (Å²) in [5.74, 6) is -0.317. The second-order valence-electron chi connectivity index (χ2n) is 4.82. The topological polar surface area (TPSA) is 29.5 Å². The number of benzene rings is 1. The second-order valence-corrected chi connectivity index (χ2v) is 5.25. The zero-order valence-corrected chi connectivity index (χ0v) is 11.6. The number of nitrogens with zero attached hydrogens (tertiary/aromatic N) is 1. The van der Waals surface area contributed by atoms with E-state index in [1.54, 1.807) is 12.0 Å². The smallest absolute Gasteiger partial charge is 0.256 e. The number of likely N-dealkylation sites (tertiary alicyclic amines) is 1. The maximum absolute atomic E-state index is 13.6. The van der Waals surface area contributed by atoms with Gasteiger partial charge >= 0.3 is 0 Å². The second kappa shape index (κ2) is 6.35. The molecule has 0 aromatic heterocycles. The van der Waals surface area contributed by atoms with Gasteiger partial charge in [-0.2, -0.15) is 0 Å². The fraction of sp³-hybridized carbons (Fsp3) is 0.500. The van der Waals surface area contributed by atoms with Crippen molar-refractivity contribution in [2.24, 2.45) is 5.92 Å². The average Bonchev–Trinajstić information content (AvgIpc) is 2.42. The first-order chi connectivity index (χ1) is 9.11. The van der Waals surface area contributed by atoms with E-state index < -0.39 is 5.82 Å². The van der Waals surface area contributed by atoms with Gasteiger partial charge in [0.25, 0.3) is 5.91 Å². The Labute approximate surface area is 117 Å². The van der Waals surface area contributed by atoms with Crippen LogP contribution in [-0.2, 0) is 4.74 Å². The highest BCUT2D eigenvalue weighted by molar-refractivity contribution is 6.31. The SMILES string of the molecule is COCC1CCN(C(=O)c2cc(Cl)ccc2F)CC1. The Bertz CT molecular complexity index is 459. The Morgan fingerprint density at radius 1 is 1.47 bits per heavy atom. The van der Waals surface area contributed by atoms with Gasteiger partial charge in [0.1, 0.15) is 5.82 Å². The van der Waals surface area contributed by atoms with E-state index in [0.717, 1.165) is 12.8 Å². The Morgan fingerprint density at radius 3 is 2.79 bits per heavy atom. The van der Waals surface area contributed by atoms with Gasteiger partial charge in [-0.15, -0.1) is 0 Å². The van der Waals surface area contributed by atoms with Crippen LogP contribution in [0.5, 0.6) is 0 Å². The van der Waals surface area contributed by atoms with Crippen LogP contribution in [0, 0.1) is 11.7 Å². The number of hydrogen-bond acceptors (Lipinski definition) is 2. The van der Waals surface area contributed by atoms with Crippen LogP contribution in [0.1, 0.15) is 23.2 Å². The zero-order valence-electron chi connectivity index (χ0n) is 10.9. The Balaban J connectivity index is 2.03. The minimum Gasteiger partial charge on any atom is -0.384 e. The van der Waals surface area contributed by atoms with Gasteiger partial charge < -0.3 is 9.64 Å². The monoisotopic (exact) mass is 285 g/mol. The van der Waals surface area contributed by atoms with Gasteiger partial charge in [-0.25, -0.2) is 4.39 Å². The quantitative estimate of drug-likeness (QED) is 0.854. The number of rotatable bonds is 3. The number of ether oxygens (including phenoxy) is 1. The van der Waals surface area contributed by atoms with Gasteiger partial charge in [0.15, 0.2) is 0 Å². The zero-order chi connectivity index (χ0) is 13.8. The van der Waals surface area contributed by atoms with E-state index in [9.17, 15) is 9.18 Å². The van der Waals surface area contributed by atoms with E-state index in [0.29, 0.717) is 30.6 Å². The number of amides is 1. The molecule has 3 nitrogen and oxygen atoms in total. The summed E-state index contributed by atoms with van der Waals surface area (Å²) in [6.07, 6.45) is 1.78. The van der Waals surface area contributed by atoms with Gasteiger partial charge in [-0.05, 0) is 37.0 Å². The molecule has 0 spiro atoms. The van der Waals surface area contributed by atoms with Gasteiger partial charge in [-0.3, -0.25) is 4.79 Å². The lowest BCUT2D eigenvalue weighted by atomic mass is 9.97. The van der Waals surface area contributed by atoms with Crippen LogP contribution in [0.15, 0.2) is 18.2 Å². The van der Waals surface area contributed by atoms with Gasteiger partial charge in [0.05, 0.1) is 5.56 Å². The summed E-state index contributed by atoms with van der Waals surface area (Å²) in [6.45, 7) is 1.99. The molecule has 0 bridgehead atoms. The van der Waals surface area contributed by atoms with Crippen LogP contribution in [0.25, 0.3) is 0 Å². The fourth-order valence-corrected chi connectivity index (χ4v) is 2.54. The van der Waals surface area contributed by atoms with Crippen LogP contribution in [-0.4, -0.2) is 37.6 Å². The van der Waals surface area contributed by atoms with Crippen LogP contribution >= 0.6 is 11.6 Å². The summed E-state index contributed by atoms with van der Waals surface area (Å²) in [6, 6.07) is 4.06. The summed E-state index contributed by atoms with van der Waals surface area (Å²) in [5.41, 5.74) is 0.0534. The number of carbonyl (C=O) groups excluding carboxylic acids is 1. The van der Waals surface area contributed by atoms with E-state index >= 15 is 0 Å². The molecule has 1 saturated heterocycles. The molecule has 0 saturated carbocycles. The fourth-order valence-electron chi connectivity index (χ4n) is 2.37. The molecule has 1 fully saturated rings. The highest BCUT2D eigenvalue weighted by Crippen LogP contribution is 2.21. The molecule has 1 aliphatic heterocycles. The lowest BCUT2D eigenvalue weighted by Crippen LogP contribution is -2.39. The van der Waals surface area contributed by atoms with Crippen LogP contribution in [0.4, 0.5) is 4.39 Å². The molecule has 104 valence electrons. The standard InChI is InChI=1S/C14H17ClFNO2/c1-19-9-10-4-6-17(7-5-10)14(18)12-8-11(15)2-3-13(12)16/h2-3,8,10H,4-7,9H2,1H3. The van der Waals surface area contributed by atoms with Crippen LogP contribution in [0.3, 0.4) is 0 Å². The number of halogens is 2. The third-order valence-corrected chi connectivity index (χ3v) is 3.70. The molecule has 0 N–H and O–H groups in total. The maximum Gasteiger partial charge on any atom is 0.256 e. The third kappa shape index (κ3) is 3.45. The van der Waals surface area contributed by atoms with Crippen molar-refractivity contribution in [2.75, 3.05) is 26.8 Å². The van der Waals surface area contributed by atoms with Crippen LogP contribution in [0.2, 0.25) is 5.02 Å². The molecule has 0 radical (unpaired) electrons. The summed E-state index contributed by atoms with van der Waals surface area (Å²) in [5, 5.41) is 0.374. The van der Waals surface area contributed by atoms with Crippen molar-refractivity contribution in [1.82, 2.24) is 4.90 Å². The highest BCUT2D eigenvalue weighted by Gasteiger charge is 2.25. The Kier molecular flexibility index (Phi) is 4.77. The molecule has 19 heavy (non-hydrogen) atoms. The average molecular weight is 286 g/mol. The molecule has 0 aliphatic carbocycles. The first-order valence-corrected chi connectivity index (χ1v) is 6.73. The molecular formula is C14H17ClFNO2. The van der Waals surface area contributed by atoms with Crippen molar-refractivity contribution < 1.29 is 13.9 Å². The number of carbonyl (C=O) groups is 1. The summed E-state index contributed by atoms with van der Waals surface area (Å²) in [4.78, 5) is 13.9. The molecule has 0 atom stereocenters. The van der Waals surface area contributed by atoms with E-state index in [1.807, 2.05) is 0 Å². The predicted octanol–water partition coefficient (Wildman–Crippen LogP) is 2.98. The number of hydrogen-bond donors (Lipinski definition) is 0. The molecule has 2 rings (SSSR count). The minimum absolute atomic E-state index is 0.0534. The van der Waals surface area contributed by atoms with Crippen molar-refractivity contribution in [3.05, 3.63) is 34.6 Å². The normalized spacial score (nSPS) is 16.7. The molecule has 5 heteroatoms. The van der Waals surface area contributed by atoms with E-state index in [1.165, 1.54) is 18.2 Å². The predicted molar refractivity (Wildman–Crippen MR) is 71.9 cm³/mol. The molecule has 1 aromatic rings. The van der Waals surface area contributed by atoms with Crippen molar-refractivity contribution in [2.45, 2.75) is 12.8 Å². The van der Waals surface area contributed by atoms with Gasteiger partial charge in [0.2, 0.25) is 0 Å². The lowest BCUT2D eigenvalue weighted by molar-refractivity contribution is 0.0609. The molecule has 1 aliphatic rings. The van der Waals surface area contributed by atoms with Crippen molar-refractivity contribution in [3.8, 4) is 0 Å². The van der Waals surface area contributed by atoms with Crippen LogP contribution < -0.4 is 0 Å². The number of methoxy groups -OCH3 is 1. The Morgan fingerprint density at radius 2 is 2.16 bits per heavy atom. The number of piperidine rings is 1. The lowest BCUT2D eigenvalue weighted by Gasteiger charge is -2.31. The van der Waals surface area contributed by atoms with E-state index in [2.05, 4.69) is 0 Å². The largest absolute Gasteiger partial charge is 0.384 e. The highest BCUT2D eigenvalue weighted by atomic mass is 35.5. The summed E-state index contributed by atoms with van der Waals surface area (Å²) >= 11 is 5.81. The third-order valence-electron chi connectivity index (χ3n) is 3.46. The van der Waals surface area contributed by atoms with Gasteiger partial charge in [0, 0.05) is 31.8 Å². The Hall–Kier alpha value is -1.13. The molecule has 1 amide bonds.